The van der Waals surface area contributed by atoms with Crippen molar-refractivity contribution in [2.24, 2.45) is 0 Å². The molecule has 3 N–H and O–H groups in total. The average molecular weight is 498 g/mol. The molecule has 35 heavy (non-hydrogen) atoms. The molecule has 0 saturated heterocycles. The summed E-state index contributed by atoms with van der Waals surface area (Å²) in [6.07, 6.45) is 0.128. The Balaban J connectivity index is 1.85. The number of carbonyl (C=O) groups excluding carboxylic acids is 2. The van der Waals surface area contributed by atoms with Crippen LogP contribution in [0.4, 0.5) is 11.4 Å². The van der Waals surface area contributed by atoms with Crippen LogP contribution in [0.25, 0.3) is 0 Å². The van der Waals surface area contributed by atoms with Crippen molar-refractivity contribution in [3.05, 3.63) is 78.4 Å². The molecule has 0 heterocycles. The molecule has 3 aromatic carbocycles. The van der Waals surface area contributed by atoms with Gasteiger partial charge >= 0.3 is 0 Å². The highest BCUT2D eigenvalue weighted by Crippen LogP contribution is 2.29. The number of sulfonamides is 1. The van der Waals surface area contributed by atoms with Gasteiger partial charge in [-0.3, -0.25) is 9.59 Å². The summed E-state index contributed by atoms with van der Waals surface area (Å²) in [6, 6.07) is 18.7. The fourth-order valence-corrected chi connectivity index (χ4v) is 4.56. The van der Waals surface area contributed by atoms with Crippen molar-refractivity contribution < 1.29 is 27.5 Å². The Morgan fingerprint density at radius 2 is 1.43 bits per heavy atom. The van der Waals surface area contributed by atoms with Gasteiger partial charge in [0.2, 0.25) is 21.8 Å². The van der Waals surface area contributed by atoms with E-state index in [1.54, 1.807) is 24.3 Å². The van der Waals surface area contributed by atoms with Crippen molar-refractivity contribution in [1.82, 2.24) is 4.72 Å². The molecule has 0 aliphatic rings. The number of methoxy groups -OCH3 is 2. The summed E-state index contributed by atoms with van der Waals surface area (Å²) >= 11 is 0. The van der Waals surface area contributed by atoms with Crippen LogP contribution in [-0.4, -0.2) is 40.5 Å². The zero-order chi connectivity index (χ0) is 25.4. The lowest BCUT2D eigenvalue weighted by Crippen LogP contribution is -2.45. The van der Waals surface area contributed by atoms with E-state index in [0.717, 1.165) is 5.56 Å². The van der Waals surface area contributed by atoms with Gasteiger partial charge in [-0.1, -0.05) is 30.3 Å². The van der Waals surface area contributed by atoms with E-state index in [2.05, 4.69) is 15.4 Å². The number of hydrogen-bond donors (Lipinski definition) is 3. The largest absolute Gasteiger partial charge is 0.493 e. The summed E-state index contributed by atoms with van der Waals surface area (Å²) in [5.41, 5.74) is 1.81. The highest BCUT2D eigenvalue weighted by atomic mass is 32.2. The maximum atomic E-state index is 13.2. The van der Waals surface area contributed by atoms with Crippen LogP contribution in [0.1, 0.15) is 12.5 Å². The van der Waals surface area contributed by atoms with E-state index in [1.807, 2.05) is 30.3 Å². The molecule has 0 saturated carbocycles. The first-order valence-electron chi connectivity index (χ1n) is 10.7. The molecule has 0 aromatic heterocycles. The minimum atomic E-state index is -4.09. The molecule has 0 spiro atoms. The van der Waals surface area contributed by atoms with Crippen molar-refractivity contribution in [1.29, 1.82) is 0 Å². The van der Waals surface area contributed by atoms with Crippen LogP contribution in [0, 0.1) is 0 Å². The third-order valence-electron chi connectivity index (χ3n) is 5.03. The molecule has 0 bridgehead atoms. The second-order valence-electron chi connectivity index (χ2n) is 7.63. The summed E-state index contributed by atoms with van der Waals surface area (Å²) in [4.78, 5) is 24.3. The van der Waals surface area contributed by atoms with Crippen LogP contribution in [-0.2, 0) is 26.0 Å². The molecule has 2 amide bonds. The third-order valence-corrected chi connectivity index (χ3v) is 6.50. The molecule has 0 unspecified atom stereocenters. The Morgan fingerprint density at radius 3 is 2.00 bits per heavy atom. The number of benzene rings is 3. The molecule has 0 aliphatic carbocycles. The van der Waals surface area contributed by atoms with Crippen molar-refractivity contribution in [3.63, 3.8) is 0 Å². The molecular formula is C25H27N3O6S. The maximum absolute atomic E-state index is 13.2. The predicted octanol–water partition coefficient (Wildman–Crippen LogP) is 3.19. The highest BCUT2D eigenvalue weighted by molar-refractivity contribution is 7.89. The van der Waals surface area contributed by atoms with Crippen molar-refractivity contribution in [2.45, 2.75) is 24.3 Å². The molecule has 0 aliphatic heterocycles. The van der Waals surface area contributed by atoms with E-state index in [-0.39, 0.29) is 23.0 Å². The molecule has 3 rings (SSSR count). The monoisotopic (exact) mass is 497 g/mol. The van der Waals surface area contributed by atoms with Gasteiger partial charge in [-0.25, -0.2) is 8.42 Å². The maximum Gasteiger partial charge on any atom is 0.242 e. The Labute approximate surface area is 204 Å². The normalized spacial score (nSPS) is 11.9. The topological polar surface area (TPSA) is 123 Å². The van der Waals surface area contributed by atoms with Gasteiger partial charge in [0.25, 0.3) is 0 Å². The van der Waals surface area contributed by atoms with Gasteiger partial charge in [-0.05, 0) is 48.4 Å². The number of nitrogens with one attached hydrogen (secondary N) is 3. The van der Waals surface area contributed by atoms with Gasteiger partial charge < -0.3 is 20.1 Å². The number of hydrogen-bond acceptors (Lipinski definition) is 6. The van der Waals surface area contributed by atoms with Crippen LogP contribution in [0.5, 0.6) is 11.5 Å². The van der Waals surface area contributed by atoms with Crippen LogP contribution < -0.4 is 24.8 Å². The van der Waals surface area contributed by atoms with Gasteiger partial charge in [0.1, 0.15) is 6.04 Å². The molecule has 10 heteroatoms. The first kappa shape index (κ1) is 25.7. The highest BCUT2D eigenvalue weighted by Gasteiger charge is 2.27. The van der Waals surface area contributed by atoms with Crippen molar-refractivity contribution in [3.8, 4) is 11.5 Å². The fourth-order valence-electron chi connectivity index (χ4n) is 3.35. The van der Waals surface area contributed by atoms with Crippen LogP contribution in [0.2, 0.25) is 0 Å². The molecule has 184 valence electrons. The van der Waals surface area contributed by atoms with E-state index in [4.69, 9.17) is 9.47 Å². The number of ether oxygens (including phenoxy) is 2. The summed E-state index contributed by atoms with van der Waals surface area (Å²) < 4.78 is 39.2. The minimum Gasteiger partial charge on any atom is -0.493 e. The quantitative estimate of drug-likeness (QED) is 0.395. The number of amides is 2. The Hall–Kier alpha value is -3.89. The molecular weight excluding hydrogens is 470 g/mol. The van der Waals surface area contributed by atoms with Gasteiger partial charge in [0, 0.05) is 24.4 Å². The van der Waals surface area contributed by atoms with Crippen LogP contribution >= 0.6 is 0 Å². The van der Waals surface area contributed by atoms with Crippen LogP contribution in [0.3, 0.4) is 0 Å². The standard InChI is InChI=1S/C25H27N3O6S/c1-17(29)26-19-9-11-20(12-10-19)27-25(30)22(15-18-7-5-4-6-8-18)28-35(31,32)21-13-14-23(33-2)24(16-21)34-3/h4-14,16,22,28H,15H2,1-3H3,(H,26,29)(H,27,30)/t22-/m1/s1. The molecule has 1 atom stereocenters. The fraction of sp³-hybridized carbons (Fsp3) is 0.200. The van der Waals surface area contributed by atoms with Gasteiger partial charge in [0.15, 0.2) is 11.5 Å². The third kappa shape index (κ3) is 7.05. The smallest absolute Gasteiger partial charge is 0.242 e. The first-order chi connectivity index (χ1) is 16.7. The zero-order valence-corrected chi connectivity index (χ0v) is 20.4. The van der Waals surface area contributed by atoms with E-state index < -0.39 is 22.0 Å². The van der Waals surface area contributed by atoms with Gasteiger partial charge in [0.05, 0.1) is 19.1 Å². The van der Waals surface area contributed by atoms with Crippen LogP contribution in [0.15, 0.2) is 77.7 Å². The van der Waals surface area contributed by atoms with Crippen molar-refractivity contribution >= 4 is 33.2 Å². The summed E-state index contributed by atoms with van der Waals surface area (Å²) in [7, 11) is -1.23. The summed E-state index contributed by atoms with van der Waals surface area (Å²) in [5.74, 6) is -0.120. The van der Waals surface area contributed by atoms with Gasteiger partial charge in [-0.2, -0.15) is 4.72 Å². The molecule has 3 aromatic rings. The lowest BCUT2D eigenvalue weighted by molar-refractivity contribution is -0.117. The Morgan fingerprint density at radius 1 is 0.829 bits per heavy atom. The van der Waals surface area contributed by atoms with E-state index in [9.17, 15) is 18.0 Å². The lowest BCUT2D eigenvalue weighted by Gasteiger charge is -2.19. The zero-order valence-electron chi connectivity index (χ0n) is 19.6. The Bertz CT molecular complexity index is 1280. The number of carbonyl (C=O) groups is 2. The molecule has 0 fully saturated rings. The average Bonchev–Trinajstić information content (AvgIpc) is 2.84. The minimum absolute atomic E-state index is 0.0688. The molecule has 9 nitrogen and oxygen atoms in total. The first-order valence-corrected chi connectivity index (χ1v) is 12.2. The summed E-state index contributed by atoms with van der Waals surface area (Å²) in [6.45, 7) is 1.40. The number of rotatable bonds is 10. The second-order valence-corrected chi connectivity index (χ2v) is 9.34. The summed E-state index contributed by atoms with van der Waals surface area (Å²) in [5, 5.41) is 5.38. The number of anilines is 2. The van der Waals surface area contributed by atoms with E-state index >= 15 is 0 Å². The molecule has 0 radical (unpaired) electrons. The van der Waals surface area contributed by atoms with Gasteiger partial charge in [-0.15, -0.1) is 0 Å². The predicted molar refractivity (Wildman–Crippen MR) is 133 cm³/mol. The SMILES string of the molecule is COc1ccc(S(=O)(=O)N[C@H](Cc2ccccc2)C(=O)Nc2ccc(NC(C)=O)cc2)cc1OC. The van der Waals surface area contributed by atoms with E-state index in [1.165, 1.54) is 39.3 Å². The second kappa shape index (κ2) is 11.5. The van der Waals surface area contributed by atoms with Crippen molar-refractivity contribution in [2.75, 3.05) is 24.9 Å². The van der Waals surface area contributed by atoms with E-state index in [0.29, 0.717) is 17.1 Å². The lowest BCUT2D eigenvalue weighted by atomic mass is 10.1. The Kier molecular flexibility index (Phi) is 8.45.